The normalized spacial score (nSPS) is 11.3. The van der Waals surface area contributed by atoms with Gasteiger partial charge in [-0.2, -0.15) is 0 Å². The summed E-state index contributed by atoms with van der Waals surface area (Å²) in [4.78, 5) is 14.3. The minimum absolute atomic E-state index is 0.531. The number of para-hydroxylation sites is 2. The molecule has 0 N–H and O–H groups in total. The third kappa shape index (κ3) is 3.18. The summed E-state index contributed by atoms with van der Waals surface area (Å²) in [5.41, 5.74) is 4.41. The van der Waals surface area contributed by atoms with E-state index in [9.17, 15) is 0 Å². The highest BCUT2D eigenvalue weighted by molar-refractivity contribution is 6.34. The number of methoxy groups -OCH3 is 1. The Morgan fingerprint density at radius 2 is 1.45 bits per heavy atom. The van der Waals surface area contributed by atoms with Gasteiger partial charge in [0.15, 0.2) is 11.3 Å². The molecule has 0 fully saturated rings. The number of nitrogens with zero attached hydrogens (tertiary/aromatic N) is 4. The lowest BCUT2D eigenvalue weighted by Gasteiger charge is -2.10. The van der Waals surface area contributed by atoms with Gasteiger partial charge >= 0.3 is 0 Å². The van der Waals surface area contributed by atoms with E-state index in [0.29, 0.717) is 27.2 Å². The van der Waals surface area contributed by atoms with Crippen molar-refractivity contribution >= 4 is 45.5 Å². The van der Waals surface area contributed by atoms with E-state index in [2.05, 4.69) is 0 Å². The van der Waals surface area contributed by atoms with Crippen molar-refractivity contribution in [2.75, 3.05) is 7.11 Å². The predicted octanol–water partition coefficient (Wildman–Crippen LogP) is 5.95. The van der Waals surface area contributed by atoms with Gasteiger partial charge in [0, 0.05) is 15.6 Å². The number of aromatic nitrogens is 4. The highest BCUT2D eigenvalue weighted by atomic mass is 35.5. The van der Waals surface area contributed by atoms with Crippen molar-refractivity contribution in [3.63, 3.8) is 0 Å². The summed E-state index contributed by atoms with van der Waals surface area (Å²) < 4.78 is 7.20. The summed E-state index contributed by atoms with van der Waals surface area (Å²) >= 11 is 12.6. The van der Waals surface area contributed by atoms with Crippen molar-refractivity contribution in [1.82, 2.24) is 19.5 Å². The molecule has 0 radical (unpaired) electrons. The van der Waals surface area contributed by atoms with E-state index in [4.69, 9.17) is 42.9 Å². The molecule has 0 amide bonds. The van der Waals surface area contributed by atoms with E-state index in [-0.39, 0.29) is 0 Å². The Kier molecular flexibility index (Phi) is 4.34. The third-order valence-corrected chi connectivity index (χ3v) is 5.06. The summed E-state index contributed by atoms with van der Waals surface area (Å²) in [6, 6.07) is 20.7. The Morgan fingerprint density at radius 3 is 2.10 bits per heavy atom. The van der Waals surface area contributed by atoms with E-state index in [1.54, 1.807) is 13.2 Å². The lowest BCUT2D eigenvalue weighted by atomic mass is 10.2. The van der Waals surface area contributed by atoms with E-state index in [1.807, 2.05) is 65.2 Å². The molecule has 0 saturated heterocycles. The van der Waals surface area contributed by atoms with Gasteiger partial charge in [-0.3, -0.25) is 4.57 Å². The first-order valence-electron chi connectivity index (χ1n) is 8.88. The minimum Gasteiger partial charge on any atom is -0.497 e. The number of imidazole rings is 1. The van der Waals surface area contributed by atoms with Gasteiger partial charge in [-0.05, 0) is 54.6 Å². The first-order valence-corrected chi connectivity index (χ1v) is 9.64. The average molecular weight is 421 g/mol. The number of ether oxygens (including phenoxy) is 1. The Bertz CT molecular complexity index is 1340. The van der Waals surface area contributed by atoms with Crippen molar-refractivity contribution < 1.29 is 4.74 Å². The van der Waals surface area contributed by atoms with Crippen LogP contribution in [-0.4, -0.2) is 26.6 Å². The van der Waals surface area contributed by atoms with E-state index in [0.717, 1.165) is 28.0 Å². The molecule has 3 aromatic carbocycles. The molecule has 142 valence electrons. The summed E-state index contributed by atoms with van der Waals surface area (Å²) in [6.07, 6.45) is 0. The summed E-state index contributed by atoms with van der Waals surface area (Å²) in [7, 11) is 1.64. The second-order valence-corrected chi connectivity index (χ2v) is 7.36. The zero-order valence-corrected chi connectivity index (χ0v) is 16.8. The first kappa shape index (κ1) is 17.9. The molecular formula is C22H14Cl2N4O. The molecule has 0 unspecified atom stereocenters. The van der Waals surface area contributed by atoms with Crippen LogP contribution in [0.15, 0.2) is 66.7 Å². The van der Waals surface area contributed by atoms with Crippen molar-refractivity contribution in [2.45, 2.75) is 0 Å². The van der Waals surface area contributed by atoms with Crippen molar-refractivity contribution in [1.29, 1.82) is 0 Å². The van der Waals surface area contributed by atoms with E-state index in [1.165, 1.54) is 0 Å². The summed E-state index contributed by atoms with van der Waals surface area (Å²) in [6.45, 7) is 0. The van der Waals surface area contributed by atoms with Gasteiger partial charge in [0.25, 0.3) is 0 Å². The second-order valence-electron chi connectivity index (χ2n) is 6.49. The minimum atomic E-state index is 0.531. The van der Waals surface area contributed by atoms with Crippen LogP contribution in [0.1, 0.15) is 0 Å². The fraction of sp³-hybridized carbons (Fsp3) is 0.0455. The molecule has 2 heterocycles. The first-order chi connectivity index (χ1) is 14.1. The lowest BCUT2D eigenvalue weighted by Crippen LogP contribution is -1.99. The number of fused-ring (bicyclic) bond motifs is 2. The standard InChI is InChI=1S/C22H14Cl2N4O/c1-29-17-8-6-13(7-9-17)21-27-20-22(26-19-5-3-2-4-18(19)25-20)28(21)16-11-14(23)10-15(24)12-16/h2-12H,1H3. The Balaban J connectivity index is 1.85. The maximum absolute atomic E-state index is 6.28. The number of benzene rings is 3. The molecule has 0 bridgehead atoms. The van der Waals surface area contributed by atoms with Crippen LogP contribution in [0.3, 0.4) is 0 Å². The smallest absolute Gasteiger partial charge is 0.199 e. The highest BCUT2D eigenvalue weighted by Crippen LogP contribution is 2.31. The van der Waals surface area contributed by atoms with Gasteiger partial charge in [0.05, 0.1) is 23.8 Å². The maximum Gasteiger partial charge on any atom is 0.199 e. The molecule has 5 nitrogen and oxygen atoms in total. The van der Waals surface area contributed by atoms with Gasteiger partial charge in [-0.1, -0.05) is 35.3 Å². The molecule has 0 saturated carbocycles. The van der Waals surface area contributed by atoms with Gasteiger partial charge in [0.1, 0.15) is 11.6 Å². The predicted molar refractivity (Wildman–Crippen MR) is 116 cm³/mol. The Labute approximate surface area is 176 Å². The monoisotopic (exact) mass is 420 g/mol. The zero-order valence-electron chi connectivity index (χ0n) is 15.3. The van der Waals surface area contributed by atoms with Crippen LogP contribution in [0.5, 0.6) is 5.75 Å². The average Bonchev–Trinajstić information content (AvgIpc) is 3.09. The fourth-order valence-corrected chi connectivity index (χ4v) is 3.82. The number of hydrogen-bond donors (Lipinski definition) is 0. The quantitative estimate of drug-likeness (QED) is 0.361. The molecule has 5 aromatic rings. The van der Waals surface area contributed by atoms with E-state index >= 15 is 0 Å². The molecule has 0 spiro atoms. The van der Waals surface area contributed by atoms with E-state index < -0.39 is 0 Å². The Morgan fingerprint density at radius 1 is 0.793 bits per heavy atom. The number of halogens is 2. The number of rotatable bonds is 3. The van der Waals surface area contributed by atoms with Crippen LogP contribution >= 0.6 is 23.2 Å². The van der Waals surface area contributed by atoms with Crippen LogP contribution in [0, 0.1) is 0 Å². The van der Waals surface area contributed by atoms with Crippen LogP contribution in [-0.2, 0) is 0 Å². The van der Waals surface area contributed by atoms with Crippen molar-refractivity contribution in [3.8, 4) is 22.8 Å². The molecule has 5 rings (SSSR count). The fourth-order valence-electron chi connectivity index (χ4n) is 3.30. The molecule has 0 aliphatic rings. The van der Waals surface area contributed by atoms with Gasteiger partial charge in [-0.15, -0.1) is 0 Å². The summed E-state index contributed by atoms with van der Waals surface area (Å²) in [5.74, 6) is 1.46. The molecule has 0 aliphatic heterocycles. The molecule has 29 heavy (non-hydrogen) atoms. The van der Waals surface area contributed by atoms with Crippen LogP contribution in [0.2, 0.25) is 10.0 Å². The second kappa shape index (κ2) is 7.03. The summed E-state index contributed by atoms with van der Waals surface area (Å²) in [5, 5.41) is 1.06. The highest BCUT2D eigenvalue weighted by Gasteiger charge is 2.18. The molecule has 2 aromatic heterocycles. The number of hydrogen-bond acceptors (Lipinski definition) is 4. The van der Waals surface area contributed by atoms with Gasteiger partial charge in [-0.25, -0.2) is 15.0 Å². The molecular weight excluding hydrogens is 407 g/mol. The van der Waals surface area contributed by atoms with Crippen molar-refractivity contribution in [3.05, 3.63) is 76.8 Å². The van der Waals surface area contributed by atoms with Crippen LogP contribution in [0.25, 0.3) is 39.4 Å². The SMILES string of the molecule is COc1ccc(-c2nc3nc4ccccc4nc3n2-c2cc(Cl)cc(Cl)c2)cc1. The van der Waals surface area contributed by atoms with Crippen molar-refractivity contribution in [2.24, 2.45) is 0 Å². The largest absolute Gasteiger partial charge is 0.497 e. The maximum atomic E-state index is 6.28. The third-order valence-electron chi connectivity index (χ3n) is 4.62. The molecule has 0 aliphatic carbocycles. The van der Waals surface area contributed by atoms with Gasteiger partial charge in [0.2, 0.25) is 0 Å². The van der Waals surface area contributed by atoms with Crippen LogP contribution in [0.4, 0.5) is 0 Å². The molecule has 7 heteroatoms. The molecule has 0 atom stereocenters. The topological polar surface area (TPSA) is 52.8 Å². The zero-order chi connectivity index (χ0) is 20.0. The van der Waals surface area contributed by atoms with Crippen LogP contribution < -0.4 is 4.74 Å². The van der Waals surface area contributed by atoms with Gasteiger partial charge < -0.3 is 4.74 Å². The lowest BCUT2D eigenvalue weighted by molar-refractivity contribution is 0.415. The Hall–Kier alpha value is -3.15.